The number of amides is 1. The number of amidine groups is 1. The SMILES string of the molecule is COc1ccc(C2=NC(C)(CC(=O)O)NN2)c2[nH]cc(C(=O)C(=O)N3CCN(c4nccc5ccccc45)CC3)c12. The topological polar surface area (TPSA) is 152 Å². The van der Waals surface area contributed by atoms with Gasteiger partial charge in [-0.05, 0) is 30.5 Å². The summed E-state index contributed by atoms with van der Waals surface area (Å²) in [6, 6.07) is 13.5. The second-order valence-electron chi connectivity index (χ2n) is 10.3. The number of aliphatic imine (C=N–C) groups is 1. The molecular formula is C29H29N7O5. The fourth-order valence-electron chi connectivity index (χ4n) is 5.50. The molecule has 0 bridgehead atoms. The lowest BCUT2D eigenvalue weighted by molar-refractivity contribution is -0.138. The Morgan fingerprint density at radius 3 is 2.61 bits per heavy atom. The van der Waals surface area contributed by atoms with Crippen molar-refractivity contribution < 1.29 is 24.2 Å². The molecule has 1 fully saturated rings. The molecule has 4 N–H and O–H groups in total. The van der Waals surface area contributed by atoms with E-state index in [-0.39, 0.29) is 12.0 Å². The van der Waals surface area contributed by atoms with E-state index in [1.54, 1.807) is 30.2 Å². The molecule has 210 valence electrons. The zero-order valence-electron chi connectivity index (χ0n) is 22.6. The molecule has 2 aliphatic rings. The molecule has 2 aromatic carbocycles. The van der Waals surface area contributed by atoms with Gasteiger partial charge in [0.1, 0.15) is 23.1 Å². The van der Waals surface area contributed by atoms with Gasteiger partial charge in [0.25, 0.3) is 11.7 Å². The van der Waals surface area contributed by atoms with E-state index in [0.717, 1.165) is 16.6 Å². The van der Waals surface area contributed by atoms with Crippen LogP contribution in [0.15, 0.2) is 59.9 Å². The van der Waals surface area contributed by atoms with E-state index in [4.69, 9.17) is 4.74 Å². The van der Waals surface area contributed by atoms with Crippen molar-refractivity contribution in [1.82, 2.24) is 25.7 Å². The number of nitrogens with one attached hydrogen (secondary N) is 3. The first-order valence-electron chi connectivity index (χ1n) is 13.2. The van der Waals surface area contributed by atoms with Crippen LogP contribution >= 0.6 is 0 Å². The van der Waals surface area contributed by atoms with Crippen LogP contribution in [0.25, 0.3) is 21.7 Å². The van der Waals surface area contributed by atoms with Crippen LogP contribution in [0.1, 0.15) is 29.3 Å². The molecule has 2 aromatic heterocycles. The summed E-state index contributed by atoms with van der Waals surface area (Å²) in [7, 11) is 1.49. The van der Waals surface area contributed by atoms with E-state index < -0.39 is 23.3 Å². The first-order chi connectivity index (χ1) is 19.8. The second kappa shape index (κ2) is 10.2. The number of rotatable bonds is 7. The fourth-order valence-corrected chi connectivity index (χ4v) is 5.50. The molecule has 0 radical (unpaired) electrons. The van der Waals surface area contributed by atoms with Gasteiger partial charge in [0, 0.05) is 49.5 Å². The van der Waals surface area contributed by atoms with E-state index in [1.807, 2.05) is 30.3 Å². The number of H-pyrrole nitrogens is 1. The molecule has 1 atom stereocenters. The monoisotopic (exact) mass is 555 g/mol. The molecule has 1 amide bonds. The minimum atomic E-state index is -1.04. The van der Waals surface area contributed by atoms with Gasteiger partial charge in [-0.3, -0.25) is 14.4 Å². The number of benzene rings is 2. The number of hydrogen-bond donors (Lipinski definition) is 4. The van der Waals surface area contributed by atoms with Crippen molar-refractivity contribution >= 4 is 51.0 Å². The lowest BCUT2D eigenvalue weighted by Crippen LogP contribution is -2.50. The molecule has 0 spiro atoms. The maximum atomic E-state index is 13.6. The number of methoxy groups -OCH3 is 1. The van der Waals surface area contributed by atoms with Crippen LogP contribution in [-0.2, 0) is 9.59 Å². The fraction of sp³-hybridized carbons (Fsp3) is 0.276. The summed E-state index contributed by atoms with van der Waals surface area (Å²) in [5.41, 5.74) is 6.15. The number of piperazine rings is 1. The quantitative estimate of drug-likeness (QED) is 0.199. The van der Waals surface area contributed by atoms with Gasteiger partial charge in [0.2, 0.25) is 0 Å². The van der Waals surface area contributed by atoms with Gasteiger partial charge in [-0.1, -0.05) is 24.3 Å². The van der Waals surface area contributed by atoms with Crippen LogP contribution in [-0.4, -0.2) is 82.4 Å². The number of aromatic nitrogens is 2. The van der Waals surface area contributed by atoms with Crippen molar-refractivity contribution in [2.75, 3.05) is 38.2 Å². The Labute approximate surface area is 235 Å². The number of carbonyl (C=O) groups is 3. The summed E-state index contributed by atoms with van der Waals surface area (Å²) >= 11 is 0. The Morgan fingerprint density at radius 1 is 1.07 bits per heavy atom. The smallest absolute Gasteiger partial charge is 0.307 e. The minimum Gasteiger partial charge on any atom is -0.496 e. The molecule has 2 aliphatic heterocycles. The van der Waals surface area contributed by atoms with Crippen LogP contribution in [0.2, 0.25) is 0 Å². The Hall–Kier alpha value is -4.97. The number of pyridine rings is 1. The normalized spacial score (nSPS) is 18.8. The minimum absolute atomic E-state index is 0.196. The Morgan fingerprint density at radius 2 is 1.85 bits per heavy atom. The molecule has 4 aromatic rings. The standard InChI is InChI=1S/C29H29N7O5/c1-29(15-22(37)38)32-26(33-34-29)19-7-8-21(41-2)23-20(16-31-24(19)23)25(39)28(40)36-13-11-35(12-14-36)27-18-6-4-3-5-17(18)9-10-30-27/h3-10,16,31,34H,11-15H2,1-2H3,(H,32,33)(H,37,38). The Kier molecular flexibility index (Phi) is 6.54. The largest absolute Gasteiger partial charge is 0.496 e. The van der Waals surface area contributed by atoms with Gasteiger partial charge >= 0.3 is 5.97 Å². The molecular weight excluding hydrogens is 526 g/mol. The Bertz CT molecular complexity index is 1720. The van der Waals surface area contributed by atoms with E-state index in [0.29, 0.717) is 54.2 Å². The second-order valence-corrected chi connectivity index (χ2v) is 10.3. The molecule has 6 rings (SSSR count). The number of carbonyl (C=O) groups excluding carboxylic acids is 2. The predicted molar refractivity (Wildman–Crippen MR) is 153 cm³/mol. The van der Waals surface area contributed by atoms with Crippen molar-refractivity contribution in [3.8, 4) is 5.75 Å². The van der Waals surface area contributed by atoms with E-state index in [1.165, 1.54) is 13.3 Å². The van der Waals surface area contributed by atoms with E-state index >= 15 is 0 Å². The number of ether oxygens (including phenoxy) is 1. The van der Waals surface area contributed by atoms with Gasteiger partial charge < -0.3 is 30.1 Å². The van der Waals surface area contributed by atoms with Gasteiger partial charge in [-0.15, -0.1) is 0 Å². The summed E-state index contributed by atoms with van der Waals surface area (Å²) in [6.45, 7) is 3.54. The Balaban J connectivity index is 1.24. The highest BCUT2D eigenvalue weighted by Crippen LogP contribution is 2.33. The summed E-state index contributed by atoms with van der Waals surface area (Å²) in [4.78, 5) is 54.2. The number of aliphatic carboxylic acids is 1. The van der Waals surface area contributed by atoms with Crippen LogP contribution in [0, 0.1) is 0 Å². The number of hydrazine groups is 1. The van der Waals surface area contributed by atoms with Crippen LogP contribution < -0.4 is 20.5 Å². The van der Waals surface area contributed by atoms with Crippen molar-refractivity contribution in [3.63, 3.8) is 0 Å². The third kappa shape index (κ3) is 4.72. The number of anilines is 1. The van der Waals surface area contributed by atoms with Crippen molar-refractivity contribution in [2.24, 2.45) is 4.99 Å². The number of carboxylic acids is 1. The molecule has 4 heterocycles. The summed E-state index contributed by atoms with van der Waals surface area (Å²) in [5, 5.41) is 11.8. The summed E-state index contributed by atoms with van der Waals surface area (Å²) in [6.07, 6.45) is 3.06. The van der Waals surface area contributed by atoms with Gasteiger partial charge in [-0.2, -0.15) is 0 Å². The van der Waals surface area contributed by atoms with E-state index in [2.05, 4.69) is 30.7 Å². The molecule has 0 saturated carbocycles. The van der Waals surface area contributed by atoms with Gasteiger partial charge in [0.15, 0.2) is 0 Å². The highest BCUT2D eigenvalue weighted by Gasteiger charge is 2.34. The first-order valence-corrected chi connectivity index (χ1v) is 13.2. The lowest BCUT2D eigenvalue weighted by Gasteiger charge is -2.35. The molecule has 41 heavy (non-hydrogen) atoms. The maximum Gasteiger partial charge on any atom is 0.307 e. The highest BCUT2D eigenvalue weighted by atomic mass is 16.5. The number of aromatic amines is 1. The third-order valence-corrected chi connectivity index (χ3v) is 7.53. The van der Waals surface area contributed by atoms with Crippen molar-refractivity contribution in [2.45, 2.75) is 19.0 Å². The molecule has 0 aliphatic carbocycles. The number of hydrogen-bond acceptors (Lipinski definition) is 9. The van der Waals surface area contributed by atoms with Crippen LogP contribution in [0.5, 0.6) is 5.75 Å². The summed E-state index contributed by atoms with van der Waals surface area (Å²) in [5.74, 6) is -0.519. The number of fused-ring (bicyclic) bond motifs is 2. The maximum absolute atomic E-state index is 13.6. The first kappa shape index (κ1) is 26.3. The lowest BCUT2D eigenvalue weighted by atomic mass is 10.0. The molecule has 12 heteroatoms. The van der Waals surface area contributed by atoms with Crippen molar-refractivity contribution in [1.29, 1.82) is 0 Å². The predicted octanol–water partition coefficient (Wildman–Crippen LogP) is 2.30. The van der Waals surface area contributed by atoms with E-state index in [9.17, 15) is 19.5 Å². The number of ketones is 1. The van der Waals surface area contributed by atoms with Crippen LogP contribution in [0.3, 0.4) is 0 Å². The average molecular weight is 556 g/mol. The number of Topliss-reactive ketones (excluding diaryl/α,β-unsaturated/α-hetero) is 1. The highest BCUT2D eigenvalue weighted by molar-refractivity contribution is 6.45. The average Bonchev–Trinajstić information content (AvgIpc) is 3.59. The summed E-state index contributed by atoms with van der Waals surface area (Å²) < 4.78 is 5.55. The third-order valence-electron chi connectivity index (χ3n) is 7.53. The van der Waals surface area contributed by atoms with Gasteiger partial charge in [0.05, 0.1) is 30.0 Å². The number of carboxylic acid groups (broad SMARTS) is 1. The molecule has 12 nitrogen and oxygen atoms in total. The molecule has 1 unspecified atom stereocenters. The van der Waals surface area contributed by atoms with Crippen LogP contribution in [0.4, 0.5) is 5.82 Å². The zero-order chi connectivity index (χ0) is 28.7. The van der Waals surface area contributed by atoms with Gasteiger partial charge in [-0.25, -0.2) is 15.4 Å². The zero-order valence-corrected chi connectivity index (χ0v) is 22.6. The molecule has 1 saturated heterocycles. The number of nitrogens with zero attached hydrogens (tertiary/aromatic N) is 4. The van der Waals surface area contributed by atoms with Crippen molar-refractivity contribution in [3.05, 3.63) is 66.0 Å².